The van der Waals surface area contributed by atoms with Gasteiger partial charge in [0.15, 0.2) is 5.13 Å². The first-order valence-electron chi connectivity index (χ1n) is 10.9. The molecule has 1 saturated carbocycles. The number of nitrogens with one attached hydrogen (secondary N) is 2. The van der Waals surface area contributed by atoms with Crippen molar-refractivity contribution in [2.75, 3.05) is 37.6 Å². The van der Waals surface area contributed by atoms with Crippen LogP contribution in [0.2, 0.25) is 0 Å². The fraction of sp³-hybridized carbons (Fsp3) is 0.773. The first kappa shape index (κ1) is 24.5. The second kappa shape index (κ2) is 10.2. The van der Waals surface area contributed by atoms with E-state index in [0.717, 1.165) is 25.0 Å². The number of carbonyl (C=O) groups is 2. The average Bonchev–Trinajstić information content (AvgIpc) is 3.09. The topological polar surface area (TPSA) is 101 Å². The molecule has 0 aliphatic heterocycles. The predicted molar refractivity (Wildman–Crippen MR) is 126 cm³/mol. The molecule has 3 rings (SSSR count). The number of anilines is 1. The van der Waals surface area contributed by atoms with E-state index in [2.05, 4.69) is 24.5 Å². The van der Waals surface area contributed by atoms with Gasteiger partial charge in [-0.05, 0) is 42.8 Å². The van der Waals surface area contributed by atoms with Crippen molar-refractivity contribution in [2.45, 2.75) is 52.1 Å². The number of aliphatic hydroxyl groups excluding tert-OH is 1. The van der Waals surface area contributed by atoms with Gasteiger partial charge in [-0.3, -0.25) is 9.59 Å². The highest BCUT2D eigenvalue weighted by Crippen LogP contribution is 2.57. The molecule has 0 saturated heterocycles. The Hall–Kier alpha value is -1.16. The lowest BCUT2D eigenvalue weighted by atomic mass is 9.53. The summed E-state index contributed by atoms with van der Waals surface area (Å²) in [5.74, 6) is 0.100. The molecule has 31 heavy (non-hydrogen) atoms. The summed E-state index contributed by atoms with van der Waals surface area (Å²) in [7, 11) is 1.61. The van der Waals surface area contributed by atoms with Crippen LogP contribution in [0.1, 0.15) is 50.1 Å². The predicted octanol–water partition coefficient (Wildman–Crippen LogP) is 2.90. The Balaban J connectivity index is 1.77. The molecule has 0 aromatic carbocycles. The molecule has 2 amide bonds. The number of amides is 2. The second-order valence-electron chi connectivity index (χ2n) is 9.22. The molecule has 1 heterocycles. The number of carbonyl (C=O) groups excluding carboxylic acids is 2. The SMILES string of the molecule is COCCNC(=O)[C@@H](C)C1CC[C@@]2(C)Cc3sc(NC(=O)CSC)nc3[C@@H](C)[C@@H]2[C@H]1O. The Kier molecular flexibility index (Phi) is 8.05. The van der Waals surface area contributed by atoms with E-state index in [1.54, 1.807) is 18.4 Å². The number of aromatic nitrogens is 1. The fourth-order valence-electron chi connectivity index (χ4n) is 5.52. The van der Waals surface area contributed by atoms with Crippen LogP contribution >= 0.6 is 23.1 Å². The van der Waals surface area contributed by atoms with E-state index >= 15 is 0 Å². The summed E-state index contributed by atoms with van der Waals surface area (Å²) in [6.45, 7) is 7.26. The van der Waals surface area contributed by atoms with E-state index < -0.39 is 6.10 Å². The van der Waals surface area contributed by atoms with Crippen molar-refractivity contribution in [3.05, 3.63) is 10.6 Å². The quantitative estimate of drug-likeness (QED) is 0.506. The molecule has 0 bridgehead atoms. The van der Waals surface area contributed by atoms with Gasteiger partial charge >= 0.3 is 0 Å². The van der Waals surface area contributed by atoms with Crippen molar-refractivity contribution in [1.29, 1.82) is 0 Å². The van der Waals surface area contributed by atoms with E-state index in [1.807, 2.05) is 13.2 Å². The minimum Gasteiger partial charge on any atom is -0.392 e. The number of nitrogens with zero attached hydrogens (tertiary/aromatic N) is 1. The standard InChI is InChI=1S/C22H35N3O4S2/c1-12(20(28)23-8-9-29-4)14-6-7-22(3)10-15-18(13(2)17(22)19(14)27)25-21(31-15)24-16(26)11-30-5/h12-14,17,19,27H,6-11H2,1-5H3,(H,23,28)(H,24,25,26)/t12-,13-,14?,17+,19-,22-/m0/s1. The molecule has 174 valence electrons. The van der Waals surface area contributed by atoms with Gasteiger partial charge in [-0.25, -0.2) is 4.98 Å². The lowest BCUT2D eigenvalue weighted by Crippen LogP contribution is -2.53. The highest BCUT2D eigenvalue weighted by Gasteiger charge is 2.53. The van der Waals surface area contributed by atoms with Gasteiger partial charge in [-0.1, -0.05) is 20.8 Å². The van der Waals surface area contributed by atoms with Crippen LogP contribution < -0.4 is 10.6 Å². The van der Waals surface area contributed by atoms with Gasteiger partial charge in [0.05, 0.1) is 24.2 Å². The molecule has 3 N–H and O–H groups in total. The van der Waals surface area contributed by atoms with Crippen LogP contribution in [0.5, 0.6) is 0 Å². The van der Waals surface area contributed by atoms with E-state index in [-0.39, 0.29) is 40.9 Å². The number of rotatable bonds is 8. The maximum absolute atomic E-state index is 12.6. The van der Waals surface area contributed by atoms with Gasteiger partial charge in [0, 0.05) is 30.4 Å². The third kappa shape index (κ3) is 5.10. The van der Waals surface area contributed by atoms with Gasteiger partial charge < -0.3 is 20.5 Å². The van der Waals surface area contributed by atoms with E-state index in [9.17, 15) is 14.7 Å². The molecular formula is C22H35N3O4S2. The Labute approximate surface area is 193 Å². The highest BCUT2D eigenvalue weighted by atomic mass is 32.2. The molecular weight excluding hydrogens is 434 g/mol. The molecule has 6 atom stereocenters. The summed E-state index contributed by atoms with van der Waals surface area (Å²) < 4.78 is 5.01. The first-order chi connectivity index (χ1) is 14.7. The normalized spacial score (nSPS) is 30.8. The maximum Gasteiger partial charge on any atom is 0.236 e. The number of ether oxygens (including phenoxy) is 1. The molecule has 0 radical (unpaired) electrons. The number of hydrogen-bond acceptors (Lipinski definition) is 7. The van der Waals surface area contributed by atoms with Crippen LogP contribution in [-0.4, -0.2) is 60.3 Å². The number of aliphatic hydroxyl groups is 1. The van der Waals surface area contributed by atoms with Gasteiger partial charge in [-0.2, -0.15) is 11.8 Å². The zero-order chi connectivity index (χ0) is 22.8. The second-order valence-corrected chi connectivity index (χ2v) is 11.2. The van der Waals surface area contributed by atoms with Crippen LogP contribution in [0.15, 0.2) is 0 Å². The first-order valence-corrected chi connectivity index (χ1v) is 13.2. The minimum atomic E-state index is -0.568. The molecule has 9 heteroatoms. The summed E-state index contributed by atoms with van der Waals surface area (Å²) in [5.41, 5.74) is 0.950. The van der Waals surface area contributed by atoms with Gasteiger partial charge in [0.1, 0.15) is 0 Å². The summed E-state index contributed by atoms with van der Waals surface area (Å²) in [6, 6.07) is 0. The molecule has 1 aromatic heterocycles. The Morgan fingerprint density at radius 1 is 1.45 bits per heavy atom. The van der Waals surface area contributed by atoms with Crippen molar-refractivity contribution in [3.8, 4) is 0 Å². The van der Waals surface area contributed by atoms with Gasteiger partial charge in [-0.15, -0.1) is 11.3 Å². The smallest absolute Gasteiger partial charge is 0.236 e. The van der Waals surface area contributed by atoms with Crippen LogP contribution in [0.3, 0.4) is 0 Å². The van der Waals surface area contributed by atoms with Crippen molar-refractivity contribution < 1.29 is 19.4 Å². The third-order valence-electron chi connectivity index (χ3n) is 7.11. The monoisotopic (exact) mass is 469 g/mol. The van der Waals surface area contributed by atoms with Crippen molar-refractivity contribution in [2.24, 2.45) is 23.2 Å². The van der Waals surface area contributed by atoms with E-state index in [4.69, 9.17) is 9.72 Å². The summed E-state index contributed by atoms with van der Waals surface area (Å²) in [4.78, 5) is 30.6. The fourth-order valence-corrected chi connectivity index (χ4v) is 7.13. The largest absolute Gasteiger partial charge is 0.392 e. The van der Waals surface area contributed by atoms with Crippen molar-refractivity contribution >= 4 is 40.0 Å². The molecule has 7 nitrogen and oxygen atoms in total. The van der Waals surface area contributed by atoms with Crippen molar-refractivity contribution in [3.63, 3.8) is 0 Å². The van der Waals surface area contributed by atoms with E-state index in [0.29, 0.717) is 24.0 Å². The molecule has 2 aliphatic rings. The van der Waals surface area contributed by atoms with Crippen LogP contribution in [0, 0.1) is 23.2 Å². The molecule has 2 aliphatic carbocycles. The number of fused-ring (bicyclic) bond motifs is 2. The zero-order valence-corrected chi connectivity index (χ0v) is 20.7. The summed E-state index contributed by atoms with van der Waals surface area (Å²) in [5, 5.41) is 17.9. The van der Waals surface area contributed by atoms with Crippen LogP contribution in [0.25, 0.3) is 0 Å². The molecule has 1 unspecified atom stereocenters. The Morgan fingerprint density at radius 2 is 2.19 bits per heavy atom. The van der Waals surface area contributed by atoms with Crippen LogP contribution in [-0.2, 0) is 20.7 Å². The van der Waals surface area contributed by atoms with E-state index in [1.165, 1.54) is 16.6 Å². The lowest BCUT2D eigenvalue weighted by Gasteiger charge is -2.53. The third-order valence-corrected chi connectivity index (χ3v) is 8.64. The van der Waals surface area contributed by atoms with Gasteiger partial charge in [0.25, 0.3) is 0 Å². The highest BCUT2D eigenvalue weighted by molar-refractivity contribution is 7.99. The van der Waals surface area contributed by atoms with Crippen molar-refractivity contribution in [1.82, 2.24) is 10.3 Å². The molecule has 1 aromatic rings. The number of hydrogen-bond donors (Lipinski definition) is 3. The maximum atomic E-state index is 12.6. The number of thioether (sulfide) groups is 1. The zero-order valence-electron chi connectivity index (χ0n) is 19.1. The lowest BCUT2D eigenvalue weighted by molar-refractivity contribution is -0.135. The molecule has 1 fully saturated rings. The Bertz CT molecular complexity index is 802. The average molecular weight is 470 g/mol. The van der Waals surface area contributed by atoms with Gasteiger partial charge in [0.2, 0.25) is 11.8 Å². The Morgan fingerprint density at radius 3 is 2.87 bits per heavy atom. The minimum absolute atomic E-state index is 0.0266. The molecule has 0 spiro atoms. The summed E-state index contributed by atoms with van der Waals surface area (Å²) in [6.07, 6.45) is 3.97. The summed E-state index contributed by atoms with van der Waals surface area (Å²) >= 11 is 3.05. The number of thiazole rings is 1. The number of methoxy groups -OCH3 is 1. The van der Waals surface area contributed by atoms with Crippen LogP contribution in [0.4, 0.5) is 5.13 Å².